The van der Waals surface area contributed by atoms with E-state index in [-0.39, 0.29) is 5.54 Å². The van der Waals surface area contributed by atoms with Crippen LogP contribution in [0.2, 0.25) is 0 Å². The van der Waals surface area contributed by atoms with Gasteiger partial charge in [0.15, 0.2) is 5.11 Å². The molecule has 4 rings (SSSR count). The minimum atomic E-state index is -0.0240. The van der Waals surface area contributed by atoms with Crippen molar-refractivity contribution >= 4 is 28.9 Å². The lowest BCUT2D eigenvalue weighted by molar-refractivity contribution is 0.439. The molecule has 3 aliphatic rings. The molecular formula is C20H27N3S. The molecule has 0 radical (unpaired) electrons. The molecule has 1 heterocycles. The van der Waals surface area contributed by atoms with E-state index in [1.165, 1.54) is 56.2 Å². The van der Waals surface area contributed by atoms with Gasteiger partial charge in [0.05, 0.1) is 6.04 Å². The van der Waals surface area contributed by atoms with E-state index in [9.17, 15) is 0 Å². The standard InChI is InChI=1S/C20H27N3S/c1-15-9-11-17(12-10-15)23-19(24)22-18(20(23)13-5-6-14-20)21-16-7-3-2-4-8-16/h9-12,16H,2-8,13-14H2,1H3,(H,21,22,24). The Hall–Kier alpha value is -1.42. The molecule has 0 amide bonds. The number of hydrogen-bond donors (Lipinski definition) is 1. The van der Waals surface area contributed by atoms with Crippen LogP contribution in [0.25, 0.3) is 0 Å². The first-order chi connectivity index (χ1) is 11.7. The minimum absolute atomic E-state index is 0.0240. The fourth-order valence-corrected chi connectivity index (χ4v) is 4.97. The summed E-state index contributed by atoms with van der Waals surface area (Å²) in [6, 6.07) is 9.24. The highest BCUT2D eigenvalue weighted by atomic mass is 32.1. The molecule has 1 aliphatic heterocycles. The second-order valence-corrected chi connectivity index (χ2v) is 8.00. The molecule has 0 aromatic heterocycles. The molecule has 0 bridgehead atoms. The quantitative estimate of drug-likeness (QED) is 0.788. The van der Waals surface area contributed by atoms with Gasteiger partial charge < -0.3 is 10.2 Å². The number of amidine groups is 1. The third-order valence-corrected chi connectivity index (χ3v) is 6.19. The number of benzene rings is 1. The topological polar surface area (TPSA) is 27.6 Å². The van der Waals surface area contributed by atoms with Gasteiger partial charge >= 0.3 is 0 Å². The molecule has 2 saturated carbocycles. The Morgan fingerprint density at radius 2 is 1.71 bits per heavy atom. The molecule has 1 saturated heterocycles. The first kappa shape index (κ1) is 16.1. The van der Waals surface area contributed by atoms with Gasteiger partial charge in [0, 0.05) is 5.69 Å². The summed E-state index contributed by atoms with van der Waals surface area (Å²) in [6.45, 7) is 2.13. The predicted octanol–water partition coefficient (Wildman–Crippen LogP) is 4.73. The number of nitrogens with one attached hydrogen (secondary N) is 1. The summed E-state index contributed by atoms with van der Waals surface area (Å²) in [4.78, 5) is 7.55. The molecule has 1 aromatic carbocycles. The fraction of sp³-hybridized carbons (Fsp3) is 0.600. The molecule has 2 aliphatic carbocycles. The van der Waals surface area contributed by atoms with Crippen LogP contribution in [-0.4, -0.2) is 22.5 Å². The molecule has 1 spiro atoms. The van der Waals surface area contributed by atoms with Crippen LogP contribution < -0.4 is 10.2 Å². The molecule has 3 nitrogen and oxygen atoms in total. The van der Waals surface area contributed by atoms with E-state index in [1.807, 2.05) is 0 Å². The van der Waals surface area contributed by atoms with Gasteiger partial charge in [-0.05, 0) is 57.0 Å². The van der Waals surface area contributed by atoms with E-state index in [4.69, 9.17) is 17.2 Å². The van der Waals surface area contributed by atoms with E-state index < -0.39 is 0 Å². The van der Waals surface area contributed by atoms with Gasteiger partial charge in [0.25, 0.3) is 0 Å². The van der Waals surface area contributed by atoms with Crippen LogP contribution in [0.5, 0.6) is 0 Å². The Morgan fingerprint density at radius 3 is 2.38 bits per heavy atom. The SMILES string of the molecule is Cc1ccc(N2C(=S)NC(=NC3CCCCC3)C23CCCC3)cc1. The maximum atomic E-state index is 5.74. The van der Waals surface area contributed by atoms with Crippen molar-refractivity contribution in [3.63, 3.8) is 0 Å². The Kier molecular flexibility index (Phi) is 4.33. The van der Waals surface area contributed by atoms with E-state index in [0.29, 0.717) is 6.04 Å². The number of hydrogen-bond acceptors (Lipinski definition) is 2. The highest BCUT2D eigenvalue weighted by Crippen LogP contribution is 2.42. The number of aliphatic imine (C=N–C) groups is 1. The average molecular weight is 342 g/mol. The number of rotatable bonds is 2. The maximum absolute atomic E-state index is 5.74. The molecule has 3 fully saturated rings. The van der Waals surface area contributed by atoms with E-state index in [0.717, 1.165) is 23.8 Å². The first-order valence-corrected chi connectivity index (χ1v) is 9.86. The second kappa shape index (κ2) is 6.47. The molecule has 1 N–H and O–H groups in total. The molecule has 1 aromatic rings. The second-order valence-electron chi connectivity index (χ2n) is 7.61. The molecule has 0 unspecified atom stereocenters. The average Bonchev–Trinajstić information content (AvgIpc) is 3.17. The van der Waals surface area contributed by atoms with Crippen molar-refractivity contribution in [3.05, 3.63) is 29.8 Å². The van der Waals surface area contributed by atoms with Crippen molar-refractivity contribution in [2.45, 2.75) is 76.3 Å². The zero-order chi connectivity index (χ0) is 16.6. The number of thiocarbonyl (C=S) groups is 1. The monoisotopic (exact) mass is 341 g/mol. The number of anilines is 1. The van der Waals surface area contributed by atoms with E-state index in [1.54, 1.807) is 0 Å². The Bertz CT molecular complexity index is 637. The smallest absolute Gasteiger partial charge is 0.179 e. The van der Waals surface area contributed by atoms with Crippen molar-refractivity contribution in [2.24, 2.45) is 4.99 Å². The Balaban J connectivity index is 1.70. The molecule has 24 heavy (non-hydrogen) atoms. The zero-order valence-electron chi connectivity index (χ0n) is 14.6. The summed E-state index contributed by atoms with van der Waals surface area (Å²) in [5, 5.41) is 4.33. The van der Waals surface area contributed by atoms with Crippen molar-refractivity contribution in [1.82, 2.24) is 5.32 Å². The summed E-state index contributed by atoms with van der Waals surface area (Å²) in [5.74, 6) is 1.15. The number of nitrogens with zero attached hydrogens (tertiary/aromatic N) is 2. The van der Waals surface area contributed by atoms with E-state index >= 15 is 0 Å². The highest BCUT2D eigenvalue weighted by Gasteiger charge is 2.51. The fourth-order valence-electron chi connectivity index (χ4n) is 4.60. The molecule has 4 heteroatoms. The van der Waals surface area contributed by atoms with Crippen LogP contribution in [0.3, 0.4) is 0 Å². The highest BCUT2D eigenvalue weighted by molar-refractivity contribution is 7.80. The summed E-state index contributed by atoms with van der Waals surface area (Å²) in [7, 11) is 0. The summed E-state index contributed by atoms with van der Waals surface area (Å²) < 4.78 is 0. The van der Waals surface area contributed by atoms with Gasteiger partial charge in [-0.3, -0.25) is 4.99 Å². The molecular weight excluding hydrogens is 314 g/mol. The summed E-state index contributed by atoms with van der Waals surface area (Å²) in [6.07, 6.45) is 11.3. The third kappa shape index (κ3) is 2.75. The van der Waals surface area contributed by atoms with Gasteiger partial charge in [-0.25, -0.2) is 0 Å². The van der Waals surface area contributed by atoms with Crippen molar-refractivity contribution in [3.8, 4) is 0 Å². The van der Waals surface area contributed by atoms with Crippen molar-refractivity contribution < 1.29 is 0 Å². The van der Waals surface area contributed by atoms with Crippen molar-refractivity contribution in [2.75, 3.05) is 4.90 Å². The molecule has 128 valence electrons. The lowest BCUT2D eigenvalue weighted by Crippen LogP contribution is -2.48. The van der Waals surface area contributed by atoms with Crippen LogP contribution in [0.1, 0.15) is 63.4 Å². The zero-order valence-corrected chi connectivity index (χ0v) is 15.4. The van der Waals surface area contributed by atoms with Gasteiger partial charge in [-0.15, -0.1) is 0 Å². The lowest BCUT2D eigenvalue weighted by atomic mass is 9.92. The first-order valence-electron chi connectivity index (χ1n) is 9.45. The number of aryl methyl sites for hydroxylation is 1. The predicted molar refractivity (Wildman–Crippen MR) is 105 cm³/mol. The van der Waals surface area contributed by atoms with Gasteiger partial charge in [-0.2, -0.15) is 0 Å². The Morgan fingerprint density at radius 1 is 1.04 bits per heavy atom. The molecule has 0 atom stereocenters. The minimum Gasteiger partial charge on any atom is -0.319 e. The third-order valence-electron chi connectivity index (χ3n) is 5.91. The maximum Gasteiger partial charge on any atom is 0.179 e. The van der Waals surface area contributed by atoms with Gasteiger partial charge in [0.1, 0.15) is 11.4 Å². The largest absolute Gasteiger partial charge is 0.319 e. The normalized spacial score (nSPS) is 25.6. The van der Waals surface area contributed by atoms with Crippen LogP contribution >= 0.6 is 12.2 Å². The van der Waals surface area contributed by atoms with Crippen molar-refractivity contribution in [1.29, 1.82) is 0 Å². The van der Waals surface area contributed by atoms with Crippen LogP contribution in [0.15, 0.2) is 29.3 Å². The lowest BCUT2D eigenvalue weighted by Gasteiger charge is -2.35. The van der Waals surface area contributed by atoms with Crippen LogP contribution in [0.4, 0.5) is 5.69 Å². The van der Waals surface area contributed by atoms with E-state index in [2.05, 4.69) is 41.4 Å². The summed E-state index contributed by atoms with van der Waals surface area (Å²) >= 11 is 5.74. The van der Waals surface area contributed by atoms with Gasteiger partial charge in [-0.1, -0.05) is 49.8 Å². The Labute approximate surface area is 150 Å². The summed E-state index contributed by atoms with van der Waals surface area (Å²) in [5.41, 5.74) is 2.46. The van der Waals surface area contributed by atoms with Gasteiger partial charge in [0.2, 0.25) is 0 Å². The van der Waals surface area contributed by atoms with Crippen LogP contribution in [0, 0.1) is 6.92 Å². The van der Waals surface area contributed by atoms with Crippen LogP contribution in [-0.2, 0) is 0 Å².